The van der Waals surface area contributed by atoms with E-state index in [1.54, 1.807) is 24.5 Å². The molecule has 4 nitrogen and oxygen atoms in total. The summed E-state index contributed by atoms with van der Waals surface area (Å²) >= 11 is 0. The van der Waals surface area contributed by atoms with Gasteiger partial charge in [-0.2, -0.15) is 0 Å². The molecule has 5 heteroatoms. The number of furan rings is 1. The molecule has 0 saturated heterocycles. The first kappa shape index (κ1) is 22.3. The van der Waals surface area contributed by atoms with Crippen molar-refractivity contribution in [3.8, 4) is 16.9 Å². The van der Waals surface area contributed by atoms with Crippen molar-refractivity contribution in [3.63, 3.8) is 0 Å². The maximum absolute atomic E-state index is 13.4. The Hall–Kier alpha value is -3.86. The summed E-state index contributed by atoms with van der Waals surface area (Å²) < 4.78 is 25.0. The second-order valence-electron chi connectivity index (χ2n) is 7.96. The Morgan fingerprint density at radius 3 is 2.52 bits per heavy atom. The first-order valence-corrected chi connectivity index (χ1v) is 10.9. The van der Waals surface area contributed by atoms with Crippen molar-refractivity contribution in [2.75, 3.05) is 6.61 Å². The van der Waals surface area contributed by atoms with Crippen LogP contribution in [0.5, 0.6) is 5.75 Å². The third-order valence-electron chi connectivity index (χ3n) is 5.49. The molecule has 1 heterocycles. The molecule has 3 aromatic carbocycles. The number of carbonyl (C=O) groups excluding carboxylic acids is 1. The van der Waals surface area contributed by atoms with Gasteiger partial charge in [0.2, 0.25) is 5.91 Å². The molecule has 33 heavy (non-hydrogen) atoms. The highest BCUT2D eigenvalue weighted by atomic mass is 19.1. The Bertz CT molecular complexity index is 1300. The number of rotatable bonds is 7. The van der Waals surface area contributed by atoms with Crippen LogP contribution in [-0.4, -0.2) is 12.5 Å². The molecule has 0 aliphatic carbocycles. The Labute approximate surface area is 192 Å². The number of ether oxygens (including phenoxy) is 1. The van der Waals surface area contributed by atoms with Gasteiger partial charge in [-0.15, -0.1) is 0 Å². The van der Waals surface area contributed by atoms with Gasteiger partial charge in [-0.3, -0.25) is 4.79 Å². The lowest BCUT2D eigenvalue weighted by molar-refractivity contribution is -0.116. The van der Waals surface area contributed by atoms with Crippen molar-refractivity contribution in [1.29, 1.82) is 0 Å². The SMILES string of the molecule is CCOc1cc2occ(-c3ccc(F)cc3)c2cc1/C(C)=C/C(=O)NCc1ccc(C)cc1. The summed E-state index contributed by atoms with van der Waals surface area (Å²) in [6, 6.07) is 18.1. The molecule has 0 saturated carbocycles. The van der Waals surface area contributed by atoms with E-state index >= 15 is 0 Å². The molecule has 168 valence electrons. The van der Waals surface area contributed by atoms with Crippen LogP contribution >= 0.6 is 0 Å². The van der Waals surface area contributed by atoms with E-state index in [9.17, 15) is 9.18 Å². The molecule has 0 unspecified atom stereocenters. The summed E-state index contributed by atoms with van der Waals surface area (Å²) in [6.45, 7) is 6.76. The fraction of sp³-hybridized carbons (Fsp3) is 0.179. The first-order valence-electron chi connectivity index (χ1n) is 10.9. The maximum Gasteiger partial charge on any atom is 0.244 e. The zero-order chi connectivity index (χ0) is 23.4. The lowest BCUT2D eigenvalue weighted by Gasteiger charge is -2.12. The van der Waals surface area contributed by atoms with Crippen molar-refractivity contribution in [2.45, 2.75) is 27.3 Å². The van der Waals surface area contributed by atoms with Crippen molar-refractivity contribution >= 4 is 22.4 Å². The zero-order valence-corrected chi connectivity index (χ0v) is 18.9. The number of hydrogen-bond acceptors (Lipinski definition) is 3. The maximum atomic E-state index is 13.4. The molecule has 0 radical (unpaired) electrons. The minimum Gasteiger partial charge on any atom is -0.493 e. The van der Waals surface area contributed by atoms with Crippen molar-refractivity contribution in [1.82, 2.24) is 5.32 Å². The zero-order valence-electron chi connectivity index (χ0n) is 18.9. The van der Waals surface area contributed by atoms with Crippen molar-refractivity contribution < 1.29 is 18.3 Å². The number of hydrogen-bond donors (Lipinski definition) is 1. The molecule has 0 fully saturated rings. The third kappa shape index (κ3) is 5.14. The quantitative estimate of drug-likeness (QED) is 0.325. The van der Waals surface area contributed by atoms with Crippen LogP contribution < -0.4 is 10.1 Å². The molecule has 0 aliphatic rings. The predicted molar refractivity (Wildman–Crippen MR) is 129 cm³/mol. The van der Waals surface area contributed by atoms with E-state index in [-0.39, 0.29) is 11.7 Å². The third-order valence-corrected chi connectivity index (χ3v) is 5.49. The fourth-order valence-corrected chi connectivity index (χ4v) is 3.71. The highest BCUT2D eigenvalue weighted by Gasteiger charge is 2.15. The average molecular weight is 444 g/mol. The summed E-state index contributed by atoms with van der Waals surface area (Å²) in [7, 11) is 0. The molecule has 0 bridgehead atoms. The highest BCUT2D eigenvalue weighted by Crippen LogP contribution is 2.37. The highest BCUT2D eigenvalue weighted by molar-refractivity contribution is 6.00. The molecule has 0 aliphatic heterocycles. The van der Waals surface area contributed by atoms with Gasteiger partial charge in [0.15, 0.2) is 0 Å². The smallest absolute Gasteiger partial charge is 0.244 e. The monoisotopic (exact) mass is 443 g/mol. The Balaban J connectivity index is 1.64. The van der Waals surface area contributed by atoms with E-state index in [4.69, 9.17) is 9.15 Å². The van der Waals surface area contributed by atoms with Gasteiger partial charge in [0.1, 0.15) is 17.1 Å². The summed E-state index contributed by atoms with van der Waals surface area (Å²) in [5, 5.41) is 3.80. The molecular formula is C28H26FNO3. The number of amides is 1. The second kappa shape index (κ2) is 9.74. The number of benzene rings is 3. The van der Waals surface area contributed by atoms with Crippen LogP contribution in [-0.2, 0) is 11.3 Å². The number of halogens is 1. The van der Waals surface area contributed by atoms with E-state index in [1.165, 1.54) is 17.7 Å². The normalized spacial score (nSPS) is 11.6. The standard InChI is InChI=1S/C28H26FNO3/c1-4-32-26-15-27-24(25(17-33-27)21-9-11-22(29)12-10-21)14-23(26)19(3)13-28(31)30-16-20-7-5-18(2)6-8-20/h5-15,17H,4,16H2,1-3H3,(H,30,31)/b19-13+. The van der Waals surface area contributed by atoms with E-state index in [0.29, 0.717) is 24.5 Å². The number of fused-ring (bicyclic) bond motifs is 1. The van der Waals surface area contributed by atoms with Gasteiger partial charge >= 0.3 is 0 Å². The first-order chi connectivity index (χ1) is 15.9. The summed E-state index contributed by atoms with van der Waals surface area (Å²) in [5.41, 5.74) is 6.16. The molecular weight excluding hydrogens is 417 g/mol. The molecule has 4 rings (SSSR count). The van der Waals surface area contributed by atoms with Crippen molar-refractivity contribution in [2.24, 2.45) is 0 Å². The number of aryl methyl sites for hydroxylation is 1. The van der Waals surface area contributed by atoms with E-state index in [2.05, 4.69) is 5.32 Å². The number of nitrogens with one attached hydrogen (secondary N) is 1. The number of allylic oxidation sites excluding steroid dienone is 1. The minimum absolute atomic E-state index is 0.179. The van der Waals surface area contributed by atoms with Crippen molar-refractivity contribution in [3.05, 3.63) is 95.5 Å². The molecule has 1 N–H and O–H groups in total. The lowest BCUT2D eigenvalue weighted by Crippen LogP contribution is -2.20. The van der Waals surface area contributed by atoms with Gasteiger partial charge in [0, 0.05) is 35.2 Å². The molecule has 0 atom stereocenters. The van der Waals surface area contributed by atoms with E-state index < -0.39 is 0 Å². The Morgan fingerprint density at radius 2 is 1.82 bits per heavy atom. The largest absolute Gasteiger partial charge is 0.493 e. The molecule has 1 amide bonds. The van der Waals surface area contributed by atoms with E-state index in [1.807, 2.05) is 57.2 Å². The second-order valence-corrected chi connectivity index (χ2v) is 7.96. The van der Waals surface area contributed by atoms with Crippen LogP contribution in [0.25, 0.3) is 27.7 Å². The molecule has 0 spiro atoms. The minimum atomic E-state index is -0.290. The Morgan fingerprint density at radius 1 is 1.09 bits per heavy atom. The van der Waals surface area contributed by atoms with Crippen LogP contribution in [0.2, 0.25) is 0 Å². The molecule has 1 aromatic heterocycles. The summed E-state index contributed by atoms with van der Waals surface area (Å²) in [6.07, 6.45) is 3.24. The van der Waals surface area contributed by atoms with Gasteiger partial charge in [-0.05, 0) is 55.7 Å². The Kier molecular flexibility index (Phi) is 6.59. The van der Waals surface area contributed by atoms with Gasteiger partial charge in [-0.25, -0.2) is 4.39 Å². The van der Waals surface area contributed by atoms with Gasteiger partial charge in [0.25, 0.3) is 0 Å². The fourth-order valence-electron chi connectivity index (χ4n) is 3.71. The van der Waals surface area contributed by atoms with Gasteiger partial charge in [0.05, 0.1) is 12.9 Å². The van der Waals surface area contributed by atoms with Crippen LogP contribution in [0.3, 0.4) is 0 Å². The predicted octanol–water partition coefficient (Wildman–Crippen LogP) is 6.67. The van der Waals surface area contributed by atoms with Gasteiger partial charge < -0.3 is 14.5 Å². The molecule has 4 aromatic rings. The summed E-state index contributed by atoms with van der Waals surface area (Å²) in [4.78, 5) is 12.6. The van der Waals surface area contributed by atoms with Crippen LogP contribution in [0.15, 0.2) is 77.4 Å². The topological polar surface area (TPSA) is 51.5 Å². The lowest BCUT2D eigenvalue weighted by atomic mass is 9.99. The van der Waals surface area contributed by atoms with Crippen LogP contribution in [0.4, 0.5) is 4.39 Å². The number of carbonyl (C=O) groups is 1. The van der Waals surface area contributed by atoms with Gasteiger partial charge in [-0.1, -0.05) is 42.0 Å². The van der Waals surface area contributed by atoms with Crippen LogP contribution in [0, 0.1) is 12.7 Å². The van der Waals surface area contributed by atoms with E-state index in [0.717, 1.165) is 33.2 Å². The van der Waals surface area contributed by atoms with Crippen LogP contribution in [0.1, 0.15) is 30.5 Å². The summed E-state index contributed by atoms with van der Waals surface area (Å²) in [5.74, 6) is 0.174. The average Bonchev–Trinajstić information content (AvgIpc) is 3.21.